The molecular formula is C13H24ClNO2. The van der Waals surface area contributed by atoms with Crippen LogP contribution in [0.1, 0.15) is 40.0 Å². The Kier molecular flexibility index (Phi) is 9.37. The lowest BCUT2D eigenvalue weighted by Crippen LogP contribution is -2.20. The molecule has 0 aliphatic heterocycles. The third-order valence-corrected chi connectivity index (χ3v) is 2.88. The number of halogens is 1. The highest BCUT2D eigenvalue weighted by Gasteiger charge is 2.15. The Labute approximate surface area is 110 Å². The molecule has 0 radical (unpaired) electrons. The standard InChI is InChI=1S/C13H24ClNO2/c1-5-6-13(15-11(3)9-17-4)10(2)7-12(14)8-16/h8,10-12H,5-7,9H2,1-4H3/t10?,11-,12?/m0/s1. The summed E-state index contributed by atoms with van der Waals surface area (Å²) in [6.07, 6.45) is 3.46. The summed E-state index contributed by atoms with van der Waals surface area (Å²) in [5.41, 5.74) is 1.14. The average Bonchev–Trinajstić information content (AvgIpc) is 2.28. The number of methoxy groups -OCH3 is 1. The highest BCUT2D eigenvalue weighted by Crippen LogP contribution is 2.16. The van der Waals surface area contributed by atoms with E-state index in [9.17, 15) is 4.79 Å². The Bertz CT molecular complexity index is 244. The summed E-state index contributed by atoms with van der Waals surface area (Å²) in [7, 11) is 1.68. The molecule has 0 rings (SSSR count). The highest BCUT2D eigenvalue weighted by atomic mass is 35.5. The van der Waals surface area contributed by atoms with Gasteiger partial charge in [0.15, 0.2) is 0 Å². The van der Waals surface area contributed by atoms with E-state index in [1.54, 1.807) is 7.11 Å². The van der Waals surface area contributed by atoms with Gasteiger partial charge in [0, 0.05) is 12.8 Å². The first-order valence-corrected chi connectivity index (χ1v) is 6.63. The molecule has 4 heteroatoms. The van der Waals surface area contributed by atoms with E-state index in [-0.39, 0.29) is 12.0 Å². The molecule has 0 fully saturated rings. The van der Waals surface area contributed by atoms with Crippen molar-refractivity contribution < 1.29 is 9.53 Å². The van der Waals surface area contributed by atoms with Gasteiger partial charge >= 0.3 is 0 Å². The lowest BCUT2D eigenvalue weighted by Gasteiger charge is -2.17. The van der Waals surface area contributed by atoms with Crippen LogP contribution in [0.15, 0.2) is 4.99 Å². The summed E-state index contributed by atoms with van der Waals surface area (Å²) in [6, 6.07) is 0.161. The van der Waals surface area contributed by atoms with E-state index in [1.165, 1.54) is 0 Å². The first kappa shape index (κ1) is 16.6. The van der Waals surface area contributed by atoms with Gasteiger partial charge in [0.05, 0.1) is 18.0 Å². The number of aliphatic imine (C=N–C) groups is 1. The molecule has 0 aromatic rings. The van der Waals surface area contributed by atoms with Crippen molar-refractivity contribution in [1.29, 1.82) is 0 Å². The van der Waals surface area contributed by atoms with E-state index in [1.807, 2.05) is 6.92 Å². The molecule has 0 aromatic heterocycles. The number of nitrogens with zero attached hydrogens (tertiary/aromatic N) is 1. The second kappa shape index (κ2) is 9.60. The van der Waals surface area contributed by atoms with Gasteiger partial charge in [0.2, 0.25) is 0 Å². The van der Waals surface area contributed by atoms with Crippen molar-refractivity contribution in [2.45, 2.75) is 51.5 Å². The number of aldehydes is 1. The fraction of sp³-hybridized carbons (Fsp3) is 0.846. The summed E-state index contributed by atoms with van der Waals surface area (Å²) < 4.78 is 5.08. The average molecular weight is 262 g/mol. The maximum absolute atomic E-state index is 10.6. The van der Waals surface area contributed by atoms with Gasteiger partial charge in [0.25, 0.3) is 0 Å². The van der Waals surface area contributed by atoms with Crippen LogP contribution in [-0.4, -0.2) is 37.1 Å². The fourth-order valence-corrected chi connectivity index (χ4v) is 2.05. The first-order chi connectivity index (χ1) is 8.04. The zero-order valence-corrected chi connectivity index (χ0v) is 12.0. The predicted molar refractivity (Wildman–Crippen MR) is 73.2 cm³/mol. The van der Waals surface area contributed by atoms with E-state index < -0.39 is 5.38 Å². The van der Waals surface area contributed by atoms with Crippen LogP contribution >= 0.6 is 11.6 Å². The van der Waals surface area contributed by atoms with Crippen LogP contribution in [0.3, 0.4) is 0 Å². The smallest absolute Gasteiger partial charge is 0.137 e. The molecule has 100 valence electrons. The molecule has 17 heavy (non-hydrogen) atoms. The van der Waals surface area contributed by atoms with Gasteiger partial charge in [-0.15, -0.1) is 11.6 Å². The van der Waals surface area contributed by atoms with Crippen LogP contribution in [0.4, 0.5) is 0 Å². The number of hydrogen-bond donors (Lipinski definition) is 0. The van der Waals surface area contributed by atoms with Gasteiger partial charge in [-0.05, 0) is 25.7 Å². The molecule has 0 saturated heterocycles. The van der Waals surface area contributed by atoms with Crippen molar-refractivity contribution >= 4 is 23.6 Å². The van der Waals surface area contributed by atoms with Crippen molar-refractivity contribution in [2.24, 2.45) is 10.9 Å². The number of rotatable bonds is 9. The van der Waals surface area contributed by atoms with Crippen molar-refractivity contribution in [1.82, 2.24) is 0 Å². The molecule has 0 aliphatic rings. The largest absolute Gasteiger partial charge is 0.382 e. The minimum Gasteiger partial charge on any atom is -0.382 e. The Morgan fingerprint density at radius 2 is 2.12 bits per heavy atom. The van der Waals surface area contributed by atoms with Gasteiger partial charge in [-0.2, -0.15) is 0 Å². The van der Waals surface area contributed by atoms with Gasteiger partial charge in [-0.25, -0.2) is 0 Å². The first-order valence-electron chi connectivity index (χ1n) is 6.19. The summed E-state index contributed by atoms with van der Waals surface area (Å²) in [4.78, 5) is 15.2. The number of carbonyl (C=O) groups is 1. The van der Waals surface area contributed by atoms with Crippen molar-refractivity contribution in [3.05, 3.63) is 0 Å². The molecule has 0 heterocycles. The molecule has 0 spiro atoms. The molecule has 0 amide bonds. The van der Waals surface area contributed by atoms with Crippen molar-refractivity contribution in [3.8, 4) is 0 Å². The summed E-state index contributed by atoms with van der Waals surface area (Å²) >= 11 is 5.85. The second-order valence-electron chi connectivity index (χ2n) is 4.46. The molecule has 2 unspecified atom stereocenters. The van der Waals surface area contributed by atoms with Gasteiger partial charge in [-0.3, -0.25) is 4.99 Å². The lowest BCUT2D eigenvalue weighted by molar-refractivity contribution is -0.107. The monoisotopic (exact) mass is 261 g/mol. The van der Waals surface area contributed by atoms with Crippen LogP contribution in [0.5, 0.6) is 0 Å². The fourth-order valence-electron chi connectivity index (χ4n) is 1.79. The molecule has 0 aromatic carbocycles. The molecule has 3 nitrogen and oxygen atoms in total. The van der Waals surface area contributed by atoms with Crippen LogP contribution < -0.4 is 0 Å². The van der Waals surface area contributed by atoms with E-state index in [0.717, 1.165) is 24.8 Å². The SMILES string of the molecule is CCCC(=N[C@@H](C)COC)C(C)CC(Cl)C=O. The minimum atomic E-state index is -0.412. The molecule has 3 atom stereocenters. The van der Waals surface area contributed by atoms with E-state index in [4.69, 9.17) is 16.3 Å². The molecule has 0 N–H and O–H groups in total. The number of alkyl halides is 1. The Balaban J connectivity index is 4.53. The summed E-state index contributed by atoms with van der Waals surface area (Å²) in [5.74, 6) is 0.252. The Morgan fingerprint density at radius 1 is 1.47 bits per heavy atom. The topological polar surface area (TPSA) is 38.7 Å². The normalized spacial score (nSPS) is 17.6. The zero-order valence-electron chi connectivity index (χ0n) is 11.3. The predicted octanol–water partition coefficient (Wildman–Crippen LogP) is 3.09. The Hall–Kier alpha value is -0.410. The van der Waals surface area contributed by atoms with Crippen molar-refractivity contribution in [2.75, 3.05) is 13.7 Å². The van der Waals surface area contributed by atoms with E-state index in [2.05, 4.69) is 18.8 Å². The highest BCUT2D eigenvalue weighted by molar-refractivity contribution is 6.27. The Morgan fingerprint density at radius 3 is 2.59 bits per heavy atom. The summed E-state index contributed by atoms with van der Waals surface area (Å²) in [5, 5.41) is -0.412. The van der Waals surface area contributed by atoms with Crippen LogP contribution in [0.2, 0.25) is 0 Å². The van der Waals surface area contributed by atoms with Gasteiger partial charge < -0.3 is 9.53 Å². The second-order valence-corrected chi connectivity index (χ2v) is 5.02. The molecule has 0 saturated carbocycles. The number of ether oxygens (including phenoxy) is 1. The maximum Gasteiger partial charge on any atom is 0.137 e. The number of carbonyl (C=O) groups excluding carboxylic acids is 1. The van der Waals surface area contributed by atoms with E-state index >= 15 is 0 Å². The third kappa shape index (κ3) is 7.50. The quantitative estimate of drug-likeness (QED) is 0.363. The summed E-state index contributed by atoms with van der Waals surface area (Å²) in [6.45, 7) is 6.86. The lowest BCUT2D eigenvalue weighted by atomic mass is 9.96. The number of hydrogen-bond acceptors (Lipinski definition) is 3. The zero-order chi connectivity index (χ0) is 13.3. The molecule has 0 aliphatic carbocycles. The minimum absolute atomic E-state index is 0.161. The maximum atomic E-state index is 10.6. The van der Waals surface area contributed by atoms with Crippen LogP contribution in [-0.2, 0) is 9.53 Å². The van der Waals surface area contributed by atoms with Gasteiger partial charge in [-0.1, -0.05) is 20.3 Å². The van der Waals surface area contributed by atoms with Crippen molar-refractivity contribution in [3.63, 3.8) is 0 Å². The van der Waals surface area contributed by atoms with Gasteiger partial charge in [0.1, 0.15) is 6.29 Å². The van der Waals surface area contributed by atoms with E-state index in [0.29, 0.717) is 13.0 Å². The third-order valence-electron chi connectivity index (χ3n) is 2.60. The van der Waals surface area contributed by atoms with Crippen LogP contribution in [0, 0.1) is 5.92 Å². The molecule has 0 bridgehead atoms. The molecular weight excluding hydrogens is 238 g/mol. The van der Waals surface area contributed by atoms with Crippen LogP contribution in [0.25, 0.3) is 0 Å².